The smallest absolute Gasteiger partial charge is 0.228 e. The Balaban J connectivity index is 1.39. The monoisotopic (exact) mass is 450 g/mol. The number of ether oxygens (including phenoxy) is 1. The summed E-state index contributed by atoms with van der Waals surface area (Å²) in [7, 11) is -3.46. The third kappa shape index (κ3) is 4.37. The van der Waals surface area contributed by atoms with Crippen LogP contribution < -0.4 is 10.5 Å². The van der Waals surface area contributed by atoms with Gasteiger partial charge in [0.05, 0.1) is 17.0 Å². The fourth-order valence-corrected chi connectivity index (χ4v) is 7.15. The van der Waals surface area contributed by atoms with E-state index in [1.807, 2.05) is 4.90 Å². The number of hydrogen-bond acceptors (Lipinski definition) is 5. The number of sulfone groups is 1. The van der Waals surface area contributed by atoms with Crippen molar-refractivity contribution < 1.29 is 22.3 Å². The van der Waals surface area contributed by atoms with Crippen LogP contribution in [0.2, 0.25) is 0 Å². The molecular weight excluding hydrogens is 419 g/mol. The van der Waals surface area contributed by atoms with E-state index >= 15 is 0 Å². The van der Waals surface area contributed by atoms with Gasteiger partial charge >= 0.3 is 0 Å². The SMILES string of the molecule is NC/C(=C\F)COc1ccc(S(=O)(=O)CC23CCC(C(=O)N4CCC4)(CC2)CC3)cc1. The van der Waals surface area contributed by atoms with Crippen LogP contribution in [0.25, 0.3) is 0 Å². The average molecular weight is 451 g/mol. The second-order valence-corrected chi connectivity index (χ2v) is 11.4. The molecule has 8 heteroatoms. The third-order valence-electron chi connectivity index (χ3n) is 7.52. The molecule has 0 atom stereocenters. The van der Waals surface area contributed by atoms with Crippen molar-refractivity contribution in [3.05, 3.63) is 36.2 Å². The predicted molar refractivity (Wildman–Crippen MR) is 116 cm³/mol. The highest BCUT2D eigenvalue weighted by molar-refractivity contribution is 7.91. The fourth-order valence-electron chi connectivity index (χ4n) is 5.20. The first-order chi connectivity index (χ1) is 14.8. The highest BCUT2D eigenvalue weighted by Gasteiger charge is 2.54. The molecule has 2 bridgehead atoms. The van der Waals surface area contributed by atoms with E-state index in [1.54, 1.807) is 24.3 Å². The largest absolute Gasteiger partial charge is 0.489 e. The number of benzene rings is 1. The van der Waals surface area contributed by atoms with Gasteiger partial charge in [-0.05, 0) is 74.6 Å². The predicted octanol–water partition coefficient (Wildman–Crippen LogP) is 3.22. The second kappa shape index (κ2) is 8.54. The van der Waals surface area contributed by atoms with E-state index in [1.165, 1.54) is 0 Å². The van der Waals surface area contributed by atoms with Crippen LogP contribution in [-0.4, -0.2) is 51.2 Å². The summed E-state index contributed by atoms with van der Waals surface area (Å²) in [6, 6.07) is 6.28. The van der Waals surface area contributed by atoms with Crippen LogP contribution in [0.15, 0.2) is 41.1 Å². The lowest BCUT2D eigenvalue weighted by molar-refractivity contribution is -0.154. The number of rotatable bonds is 8. The molecule has 0 radical (unpaired) electrons. The molecule has 1 amide bonds. The first-order valence-electron chi connectivity index (χ1n) is 11.0. The molecule has 0 spiro atoms. The van der Waals surface area contributed by atoms with Gasteiger partial charge in [-0.15, -0.1) is 0 Å². The summed E-state index contributed by atoms with van der Waals surface area (Å²) in [5.74, 6) is 0.885. The molecule has 4 fully saturated rings. The Kier molecular flexibility index (Phi) is 6.14. The highest BCUT2D eigenvalue weighted by atomic mass is 32.2. The molecule has 4 aliphatic rings. The van der Waals surface area contributed by atoms with E-state index in [2.05, 4.69) is 0 Å². The van der Waals surface area contributed by atoms with Gasteiger partial charge in [0.1, 0.15) is 12.4 Å². The Morgan fingerprint density at radius 1 is 1.10 bits per heavy atom. The standard InChI is InChI=1S/C23H31FN2O4S/c24-14-18(15-25)16-30-19-2-4-20(5-3-19)31(28,29)17-22-6-9-23(10-7-22,11-8-22)21(27)26-12-1-13-26/h2-5,14H,1,6-13,15-17,25H2/b18-14+. The first-order valence-corrected chi connectivity index (χ1v) is 12.7. The molecule has 170 valence electrons. The zero-order valence-corrected chi connectivity index (χ0v) is 18.6. The topological polar surface area (TPSA) is 89.7 Å². The molecule has 2 N–H and O–H groups in total. The van der Waals surface area contributed by atoms with Crippen LogP contribution in [0.5, 0.6) is 5.75 Å². The lowest BCUT2D eigenvalue weighted by Gasteiger charge is -2.54. The summed E-state index contributed by atoms with van der Waals surface area (Å²) in [6.07, 6.45) is 6.31. The van der Waals surface area contributed by atoms with E-state index in [0.717, 1.165) is 58.0 Å². The third-order valence-corrected chi connectivity index (χ3v) is 9.50. The number of carbonyl (C=O) groups excluding carboxylic acids is 1. The Morgan fingerprint density at radius 2 is 1.71 bits per heavy atom. The van der Waals surface area contributed by atoms with Crippen LogP contribution in [0, 0.1) is 10.8 Å². The maximum atomic E-state index is 13.1. The molecule has 0 aromatic heterocycles. The molecule has 1 heterocycles. The van der Waals surface area contributed by atoms with E-state index in [-0.39, 0.29) is 34.6 Å². The summed E-state index contributed by atoms with van der Waals surface area (Å²) in [6.45, 7) is 1.84. The molecule has 1 aromatic rings. The summed E-state index contributed by atoms with van der Waals surface area (Å²) in [4.78, 5) is 15.1. The lowest BCUT2D eigenvalue weighted by Crippen LogP contribution is -2.55. The maximum Gasteiger partial charge on any atom is 0.228 e. The quantitative estimate of drug-likeness (QED) is 0.657. The minimum Gasteiger partial charge on any atom is -0.489 e. The summed E-state index contributed by atoms with van der Waals surface area (Å²) in [5, 5.41) is 0. The molecule has 3 saturated carbocycles. The number of nitrogens with zero attached hydrogens (tertiary/aromatic N) is 1. The number of amides is 1. The van der Waals surface area contributed by atoms with Gasteiger partial charge in [-0.1, -0.05) is 0 Å². The van der Waals surface area contributed by atoms with E-state index in [9.17, 15) is 17.6 Å². The van der Waals surface area contributed by atoms with Crippen LogP contribution in [-0.2, 0) is 14.6 Å². The lowest BCUT2D eigenvalue weighted by atomic mass is 9.54. The van der Waals surface area contributed by atoms with Crippen molar-refractivity contribution >= 4 is 15.7 Å². The fraction of sp³-hybridized carbons (Fsp3) is 0.609. The Hall–Kier alpha value is -1.93. The van der Waals surface area contributed by atoms with Crippen LogP contribution >= 0.6 is 0 Å². The summed E-state index contributed by atoms with van der Waals surface area (Å²) in [5.41, 5.74) is 5.26. The van der Waals surface area contributed by atoms with Gasteiger partial charge in [-0.3, -0.25) is 4.79 Å². The molecule has 1 saturated heterocycles. The molecular formula is C23H31FN2O4S. The molecule has 3 aliphatic carbocycles. The zero-order chi connectivity index (χ0) is 22.1. The summed E-state index contributed by atoms with van der Waals surface area (Å²) < 4.78 is 44.3. The minimum atomic E-state index is -3.46. The van der Waals surface area contributed by atoms with Crippen LogP contribution in [0.4, 0.5) is 4.39 Å². The number of fused-ring (bicyclic) bond motifs is 3. The van der Waals surface area contributed by atoms with Crippen molar-refractivity contribution in [3.63, 3.8) is 0 Å². The van der Waals surface area contributed by atoms with Crippen molar-refractivity contribution in [2.24, 2.45) is 16.6 Å². The van der Waals surface area contributed by atoms with Gasteiger partial charge in [0, 0.05) is 30.6 Å². The highest BCUT2D eigenvalue weighted by Crippen LogP contribution is 2.58. The molecule has 31 heavy (non-hydrogen) atoms. The number of nitrogens with two attached hydrogens (primary N) is 1. The van der Waals surface area contributed by atoms with Crippen molar-refractivity contribution in [1.29, 1.82) is 0 Å². The Labute approximate surface area is 183 Å². The van der Waals surface area contributed by atoms with E-state index in [4.69, 9.17) is 10.5 Å². The molecule has 6 nitrogen and oxygen atoms in total. The Morgan fingerprint density at radius 3 is 2.19 bits per heavy atom. The zero-order valence-electron chi connectivity index (χ0n) is 17.8. The molecule has 0 unspecified atom stereocenters. The molecule has 5 rings (SSSR count). The van der Waals surface area contributed by atoms with Gasteiger partial charge in [0.2, 0.25) is 5.91 Å². The van der Waals surface area contributed by atoms with Crippen molar-refractivity contribution in [1.82, 2.24) is 4.90 Å². The van der Waals surface area contributed by atoms with Gasteiger partial charge in [-0.25, -0.2) is 12.8 Å². The number of halogens is 1. The maximum absolute atomic E-state index is 13.1. The van der Waals surface area contributed by atoms with Crippen molar-refractivity contribution in [3.8, 4) is 5.75 Å². The first kappa shape index (κ1) is 22.3. The molecule has 1 aliphatic heterocycles. The normalized spacial score (nSPS) is 28.3. The second-order valence-electron chi connectivity index (χ2n) is 9.42. The van der Waals surface area contributed by atoms with Gasteiger partial charge in [-0.2, -0.15) is 0 Å². The average Bonchev–Trinajstić information content (AvgIpc) is 2.74. The summed E-state index contributed by atoms with van der Waals surface area (Å²) >= 11 is 0. The van der Waals surface area contributed by atoms with E-state index in [0.29, 0.717) is 23.6 Å². The van der Waals surface area contributed by atoms with Gasteiger partial charge in [0.15, 0.2) is 9.84 Å². The van der Waals surface area contributed by atoms with Gasteiger partial charge in [0.25, 0.3) is 0 Å². The Bertz CT molecular complexity index is 930. The molecule has 1 aromatic carbocycles. The van der Waals surface area contributed by atoms with Crippen molar-refractivity contribution in [2.75, 3.05) is 32.0 Å². The number of carbonyl (C=O) groups is 1. The number of likely N-dealkylation sites (tertiary alicyclic amines) is 1. The number of hydrogen-bond donors (Lipinski definition) is 1. The minimum absolute atomic E-state index is 0.0279. The van der Waals surface area contributed by atoms with Crippen LogP contribution in [0.1, 0.15) is 44.9 Å². The van der Waals surface area contributed by atoms with Crippen molar-refractivity contribution in [2.45, 2.75) is 49.8 Å². The van der Waals surface area contributed by atoms with Crippen LogP contribution in [0.3, 0.4) is 0 Å². The van der Waals surface area contributed by atoms with Gasteiger partial charge < -0.3 is 15.4 Å². The van der Waals surface area contributed by atoms with E-state index < -0.39 is 9.84 Å².